The fraction of sp³-hybridized carbons (Fsp3) is 0.725. The molecule has 21 heteroatoms. The van der Waals surface area contributed by atoms with E-state index in [0.717, 1.165) is 19.8 Å². The lowest BCUT2D eigenvalue weighted by atomic mass is 9.68. The number of Topliss-reactive ketones (excluding diaryl/α,β-unsaturated/α-hetero) is 1. The molecule has 402 valence electrons. The van der Waals surface area contributed by atoms with Crippen LogP contribution in [0.3, 0.4) is 0 Å². The van der Waals surface area contributed by atoms with Gasteiger partial charge in [0.1, 0.15) is 28.6 Å². The molecule has 0 aliphatic carbocycles. The number of likely N-dealkylation sites (N-methyl/N-ethyl adjacent to an activating group) is 1. The average Bonchev–Trinajstić information content (AvgIpc) is 3.80. The molecule has 2 aromatic heterocycles. The van der Waals surface area contributed by atoms with Gasteiger partial charge in [-0.3, -0.25) is 19.4 Å². The van der Waals surface area contributed by atoms with E-state index in [1.807, 2.05) is 45.8 Å². The van der Waals surface area contributed by atoms with Crippen LogP contribution in [0.4, 0.5) is 10.2 Å². The number of fused-ring (bicyclic) bond motifs is 5. The number of aromatic nitrogens is 2. The molecule has 2 aromatic rings. The van der Waals surface area contributed by atoms with Crippen molar-refractivity contribution in [3.63, 3.8) is 0 Å². The van der Waals surface area contributed by atoms with Crippen LogP contribution in [-0.4, -0.2) is 147 Å². The zero-order valence-corrected chi connectivity index (χ0v) is 44.7. The SMILES string of the molecule is CCC(=O)N=C1[C@H](C)C[C@@]2(C)OC/C(=N/OCc3ccc(-c4nc(NC(=O)[C@@H](N)CCCCN)cs4)cn3)CC[C@H]([C@H]1C)[C@](C)(O)[C@@H](CC)OC(=O)[C@@](C)(F)C(=O)[C@H](C)[C@H]2O[C@@H]1O[C@H](C)C[C@H](N(C)C)[C@H]1O. The van der Waals surface area contributed by atoms with Gasteiger partial charge in [-0.1, -0.05) is 46.2 Å². The second-order valence-electron chi connectivity index (χ2n) is 20.6. The Balaban J connectivity index is 1.55. The molecular weight excluding hydrogens is 952 g/mol. The fourth-order valence-corrected chi connectivity index (χ4v) is 11.1. The van der Waals surface area contributed by atoms with Gasteiger partial charge in [-0.25, -0.2) is 19.2 Å². The Kier molecular flexibility index (Phi) is 20.7. The quantitative estimate of drug-likeness (QED) is 0.0635. The second-order valence-corrected chi connectivity index (χ2v) is 21.5. The van der Waals surface area contributed by atoms with Gasteiger partial charge in [-0.15, -0.1) is 11.3 Å². The highest BCUT2D eigenvalue weighted by Crippen LogP contribution is 2.43. The molecule has 3 saturated heterocycles. The lowest BCUT2D eigenvalue weighted by Gasteiger charge is -2.48. The summed E-state index contributed by atoms with van der Waals surface area (Å²) in [6.07, 6.45) is -0.945. The molecular formula is C51H79FN8O11S. The smallest absolute Gasteiger partial charge is 0.351 e. The molecule has 3 aliphatic rings. The van der Waals surface area contributed by atoms with Crippen LogP contribution in [-0.2, 0) is 49.6 Å². The summed E-state index contributed by atoms with van der Waals surface area (Å²) >= 11 is 1.33. The van der Waals surface area contributed by atoms with Crippen molar-refractivity contribution in [1.82, 2.24) is 14.9 Å². The number of unbranched alkanes of at least 4 members (excludes halogenated alkanes) is 1. The van der Waals surface area contributed by atoms with E-state index in [-0.39, 0.29) is 57.1 Å². The third-order valence-corrected chi connectivity index (χ3v) is 15.5. The Labute approximate surface area is 427 Å². The number of pyridine rings is 1. The topological polar surface area (TPSA) is 273 Å². The van der Waals surface area contributed by atoms with Gasteiger partial charge >= 0.3 is 5.97 Å². The second kappa shape index (κ2) is 25.4. The highest BCUT2D eigenvalue weighted by molar-refractivity contribution is 7.13. The van der Waals surface area contributed by atoms with Gasteiger partial charge in [0.05, 0.1) is 41.9 Å². The molecule has 14 atom stereocenters. The number of aliphatic imine (C=N–C) groups is 1. The average molecular weight is 1030 g/mol. The summed E-state index contributed by atoms with van der Waals surface area (Å²) in [5.41, 5.74) is 7.06. The summed E-state index contributed by atoms with van der Waals surface area (Å²) in [5.74, 6) is -6.41. The first-order valence-electron chi connectivity index (χ1n) is 25.3. The first kappa shape index (κ1) is 58.7. The van der Waals surface area contributed by atoms with Crippen molar-refractivity contribution in [2.75, 3.05) is 32.6 Å². The monoisotopic (exact) mass is 1030 g/mol. The Morgan fingerprint density at radius 1 is 1.11 bits per heavy atom. The number of thiazole rings is 1. The van der Waals surface area contributed by atoms with Crippen LogP contribution < -0.4 is 16.8 Å². The van der Waals surface area contributed by atoms with Gasteiger partial charge in [-0.05, 0) is 117 Å². The molecule has 3 fully saturated rings. The number of nitrogens with two attached hydrogens (primary N) is 2. The standard InChI is InChI=1S/C51H79FN8O11S/c1-12-38-51(9,66)35-20-19-34(59-68-26-33-18-17-32(24-55-33)46-57-39(27-72-46)56-45(64)36(54)16-14-15-21-53)25-67-49(7,23-28(3)41(30(35)5)58-40(61)13-2)44(31(6)43(63)50(8,52)48(65)70-38)71-47-42(62)37(60(10)11)22-29(4)69-47/h17-18,24,27-31,35-38,42,44,47,62,66H,12-16,19-23,25-26,53-54H2,1-11H3,(H,56,64)/b58-41?,59-34+/t28-,29-,30-,31+,35-,36+,37+,38-,42-,44-,47+,49-,50+,51+/m1/s1. The maximum absolute atomic E-state index is 17.1. The summed E-state index contributed by atoms with van der Waals surface area (Å²) in [5, 5.41) is 34.1. The predicted molar refractivity (Wildman–Crippen MR) is 272 cm³/mol. The number of alkyl halides is 1. The molecule has 72 heavy (non-hydrogen) atoms. The minimum Gasteiger partial charge on any atom is -0.457 e. The molecule has 7 N–H and O–H groups in total. The molecule has 0 radical (unpaired) electrons. The molecule has 2 bridgehead atoms. The largest absolute Gasteiger partial charge is 0.457 e. The lowest BCUT2D eigenvalue weighted by molar-refractivity contribution is -0.296. The number of anilines is 1. The van der Waals surface area contributed by atoms with Crippen molar-refractivity contribution < 1.29 is 57.6 Å². The van der Waals surface area contributed by atoms with Crippen LogP contribution in [0.2, 0.25) is 0 Å². The van der Waals surface area contributed by atoms with Crippen molar-refractivity contribution in [2.24, 2.45) is 45.3 Å². The van der Waals surface area contributed by atoms with Gasteiger partial charge in [0.25, 0.3) is 5.67 Å². The summed E-state index contributed by atoms with van der Waals surface area (Å²) < 4.78 is 42.8. The Bertz CT molecular complexity index is 2230. The highest BCUT2D eigenvalue weighted by atomic mass is 32.1. The van der Waals surface area contributed by atoms with E-state index in [1.54, 1.807) is 38.4 Å². The summed E-state index contributed by atoms with van der Waals surface area (Å²) in [6, 6.07) is 2.49. The van der Waals surface area contributed by atoms with Crippen LogP contribution in [0.5, 0.6) is 0 Å². The van der Waals surface area contributed by atoms with E-state index < -0.39 is 95.1 Å². The highest BCUT2D eigenvalue weighted by Gasteiger charge is 2.56. The molecule has 5 rings (SSSR count). The van der Waals surface area contributed by atoms with Crippen LogP contribution >= 0.6 is 11.3 Å². The van der Waals surface area contributed by atoms with Gasteiger partial charge in [0.2, 0.25) is 11.8 Å². The van der Waals surface area contributed by atoms with Crippen molar-refractivity contribution in [3.8, 4) is 10.6 Å². The summed E-state index contributed by atoms with van der Waals surface area (Å²) in [6.45, 7) is 14.7. The van der Waals surface area contributed by atoms with Crippen molar-refractivity contribution in [2.45, 2.75) is 186 Å². The van der Waals surface area contributed by atoms with Crippen LogP contribution in [0.15, 0.2) is 33.9 Å². The van der Waals surface area contributed by atoms with E-state index in [4.69, 9.17) is 35.3 Å². The van der Waals surface area contributed by atoms with E-state index >= 15 is 4.39 Å². The molecule has 0 unspecified atom stereocenters. The number of halogens is 1. The number of hydrogen-bond acceptors (Lipinski definition) is 18. The number of cyclic esters (lactones) is 1. The molecule has 5 heterocycles. The van der Waals surface area contributed by atoms with E-state index in [1.165, 1.54) is 25.2 Å². The lowest BCUT2D eigenvalue weighted by Crippen LogP contribution is -2.61. The number of rotatable bonds is 15. The number of hydrogen-bond donors (Lipinski definition) is 5. The van der Waals surface area contributed by atoms with Gasteiger partial charge in [-0.2, -0.15) is 0 Å². The fourth-order valence-electron chi connectivity index (χ4n) is 10.3. The van der Waals surface area contributed by atoms with Gasteiger partial charge in [0.15, 0.2) is 18.7 Å². The zero-order valence-electron chi connectivity index (χ0n) is 43.9. The molecule has 0 spiro atoms. The van der Waals surface area contributed by atoms with E-state index in [9.17, 15) is 29.4 Å². The van der Waals surface area contributed by atoms with E-state index in [2.05, 4.69) is 25.4 Å². The first-order chi connectivity index (χ1) is 33.9. The van der Waals surface area contributed by atoms with Crippen LogP contribution in [0.25, 0.3) is 10.6 Å². The number of carbonyl (C=O) groups is 4. The molecule has 19 nitrogen and oxygen atoms in total. The van der Waals surface area contributed by atoms with Crippen molar-refractivity contribution >= 4 is 52.1 Å². The van der Waals surface area contributed by atoms with E-state index in [0.29, 0.717) is 52.9 Å². The minimum absolute atomic E-state index is 0.0323. The number of aliphatic hydroxyl groups is 2. The number of oxime groups is 1. The third-order valence-electron chi connectivity index (χ3n) is 14.6. The van der Waals surface area contributed by atoms with Gasteiger partial charge < -0.3 is 55.7 Å². The molecule has 2 amide bonds. The predicted octanol–water partition coefficient (Wildman–Crippen LogP) is 5.53. The number of carbonyl (C=O) groups excluding carboxylic acids is 4. The third kappa shape index (κ3) is 14.1. The van der Waals surface area contributed by atoms with Gasteiger partial charge in [0, 0.05) is 47.2 Å². The Morgan fingerprint density at radius 2 is 1.83 bits per heavy atom. The number of nitrogens with zero attached hydrogens (tertiary/aromatic N) is 5. The maximum atomic E-state index is 17.1. The summed E-state index contributed by atoms with van der Waals surface area (Å²) in [7, 11) is 3.64. The van der Waals surface area contributed by atoms with Crippen molar-refractivity contribution in [3.05, 3.63) is 29.4 Å². The number of ketones is 1. The molecule has 0 aromatic carbocycles. The minimum atomic E-state index is -3.21. The Hall–Kier alpha value is -4.19. The first-order valence-corrected chi connectivity index (χ1v) is 26.2. The number of ether oxygens (including phenoxy) is 4. The number of aliphatic hydroxyl groups excluding tert-OH is 1. The van der Waals surface area contributed by atoms with Crippen molar-refractivity contribution in [1.29, 1.82) is 0 Å². The number of amides is 2. The molecule has 3 aliphatic heterocycles. The molecule has 0 saturated carbocycles. The maximum Gasteiger partial charge on any atom is 0.351 e. The van der Waals surface area contributed by atoms with Crippen LogP contribution in [0, 0.1) is 23.7 Å². The number of esters is 1. The number of nitrogens with one attached hydrogen (secondary N) is 1. The zero-order chi connectivity index (χ0) is 53.3. The van der Waals surface area contributed by atoms with Crippen LogP contribution in [0.1, 0.15) is 126 Å². The normalized spacial score (nSPS) is 34.7. The Morgan fingerprint density at radius 3 is 2.47 bits per heavy atom. The summed E-state index contributed by atoms with van der Waals surface area (Å²) in [4.78, 5) is 76.1.